The second-order valence-corrected chi connectivity index (χ2v) is 7.94. The molecule has 0 aliphatic rings. The highest BCUT2D eigenvalue weighted by Crippen LogP contribution is 2.26. The third-order valence-corrected chi connectivity index (χ3v) is 5.56. The molecule has 0 saturated heterocycles. The van der Waals surface area contributed by atoms with E-state index in [9.17, 15) is 9.59 Å². The number of nitriles is 1. The molecule has 0 aromatic heterocycles. The zero-order chi connectivity index (χ0) is 24.8. The van der Waals surface area contributed by atoms with Crippen LogP contribution in [0.25, 0.3) is 11.1 Å². The van der Waals surface area contributed by atoms with E-state index in [2.05, 4.69) is 16.7 Å². The largest absolute Gasteiger partial charge is 0.497 e. The van der Waals surface area contributed by atoms with E-state index in [0.29, 0.717) is 33.8 Å². The van der Waals surface area contributed by atoms with Crippen molar-refractivity contribution in [3.63, 3.8) is 0 Å². The van der Waals surface area contributed by atoms with Gasteiger partial charge in [0.05, 0.1) is 18.7 Å². The lowest BCUT2D eigenvalue weighted by Gasteiger charge is -2.11. The first-order valence-corrected chi connectivity index (χ1v) is 10.9. The average molecular weight is 462 g/mol. The predicted octanol–water partition coefficient (Wildman–Crippen LogP) is 6.05. The van der Waals surface area contributed by atoms with Crippen molar-refractivity contribution in [2.75, 3.05) is 17.7 Å². The van der Waals surface area contributed by atoms with Gasteiger partial charge in [0.2, 0.25) is 0 Å². The Labute approximate surface area is 203 Å². The highest BCUT2D eigenvalue weighted by molar-refractivity contribution is 6.06. The number of aryl methyl sites for hydroxylation is 1. The van der Waals surface area contributed by atoms with E-state index in [4.69, 9.17) is 10.00 Å². The Hall–Kier alpha value is -4.89. The molecule has 0 heterocycles. The lowest BCUT2D eigenvalue weighted by Crippen LogP contribution is -2.12. The minimum atomic E-state index is -0.268. The molecule has 2 N–H and O–H groups in total. The van der Waals surface area contributed by atoms with Crippen molar-refractivity contribution in [3.8, 4) is 22.9 Å². The van der Waals surface area contributed by atoms with Gasteiger partial charge >= 0.3 is 0 Å². The maximum Gasteiger partial charge on any atom is 0.255 e. The summed E-state index contributed by atoms with van der Waals surface area (Å²) in [5.41, 5.74) is 5.53. The number of methoxy groups -OCH3 is 1. The second kappa shape index (κ2) is 10.4. The molecule has 6 nitrogen and oxygen atoms in total. The number of carbonyl (C=O) groups is 2. The number of hydrogen-bond acceptors (Lipinski definition) is 4. The number of hydrogen-bond donors (Lipinski definition) is 2. The smallest absolute Gasteiger partial charge is 0.255 e. The van der Waals surface area contributed by atoms with Crippen LogP contribution in [0, 0.1) is 18.3 Å². The van der Waals surface area contributed by atoms with E-state index in [1.54, 1.807) is 73.8 Å². The van der Waals surface area contributed by atoms with E-state index in [1.807, 2.05) is 31.2 Å². The van der Waals surface area contributed by atoms with Gasteiger partial charge < -0.3 is 15.4 Å². The van der Waals surface area contributed by atoms with E-state index in [0.717, 1.165) is 16.7 Å². The minimum Gasteiger partial charge on any atom is -0.497 e. The first-order valence-electron chi connectivity index (χ1n) is 10.9. The summed E-state index contributed by atoms with van der Waals surface area (Å²) >= 11 is 0. The van der Waals surface area contributed by atoms with Gasteiger partial charge in [0.1, 0.15) is 5.75 Å². The minimum absolute atomic E-state index is 0.216. The number of carbonyl (C=O) groups excluding carboxylic acids is 2. The Balaban J connectivity index is 1.50. The van der Waals surface area contributed by atoms with Gasteiger partial charge in [0.25, 0.3) is 11.8 Å². The van der Waals surface area contributed by atoms with Crippen LogP contribution in [0.3, 0.4) is 0 Å². The molecule has 4 rings (SSSR count). The topological polar surface area (TPSA) is 91.2 Å². The first-order chi connectivity index (χ1) is 17.0. The Morgan fingerprint density at radius 1 is 0.771 bits per heavy atom. The van der Waals surface area contributed by atoms with Crippen molar-refractivity contribution in [2.45, 2.75) is 6.92 Å². The van der Waals surface area contributed by atoms with Crippen LogP contribution in [0.15, 0.2) is 91.0 Å². The molecule has 0 spiro atoms. The first kappa shape index (κ1) is 23.3. The second-order valence-electron chi connectivity index (χ2n) is 7.94. The Bertz CT molecular complexity index is 1420. The van der Waals surface area contributed by atoms with Crippen LogP contribution in [0.2, 0.25) is 0 Å². The van der Waals surface area contributed by atoms with Crippen molar-refractivity contribution in [1.82, 2.24) is 0 Å². The van der Waals surface area contributed by atoms with Gasteiger partial charge in [0, 0.05) is 22.5 Å². The highest BCUT2D eigenvalue weighted by atomic mass is 16.5. The molecule has 0 aliphatic heterocycles. The summed E-state index contributed by atoms with van der Waals surface area (Å²) in [6, 6.07) is 28.7. The molecule has 0 bridgehead atoms. The van der Waals surface area contributed by atoms with Crippen LogP contribution < -0.4 is 15.4 Å². The maximum atomic E-state index is 12.8. The summed E-state index contributed by atoms with van der Waals surface area (Å²) in [4.78, 5) is 25.4. The molecular weight excluding hydrogens is 438 g/mol. The standard InChI is InChI=1S/C29H23N3O3/c1-19-6-7-23(29(34)31-24-12-14-26(35-2)15-13-24)17-27(19)21-8-10-22(11-9-21)28(33)32-25-5-3-4-20(16-25)18-30/h3-17H,1-2H3,(H,31,34)(H,32,33). The quantitative estimate of drug-likeness (QED) is 0.366. The molecule has 4 aromatic carbocycles. The van der Waals surface area contributed by atoms with Crippen LogP contribution >= 0.6 is 0 Å². The molecule has 4 aromatic rings. The normalized spacial score (nSPS) is 10.2. The number of amides is 2. The summed E-state index contributed by atoms with van der Waals surface area (Å²) < 4.78 is 5.15. The number of anilines is 2. The third-order valence-electron chi connectivity index (χ3n) is 5.56. The molecule has 0 radical (unpaired) electrons. The van der Waals surface area contributed by atoms with Gasteiger partial charge in [-0.05, 0) is 90.3 Å². The number of rotatable bonds is 6. The van der Waals surface area contributed by atoms with Gasteiger partial charge in [-0.15, -0.1) is 0 Å². The fourth-order valence-corrected chi connectivity index (χ4v) is 3.62. The van der Waals surface area contributed by atoms with Gasteiger partial charge in [0.15, 0.2) is 0 Å². The fraction of sp³-hybridized carbons (Fsp3) is 0.0690. The summed E-state index contributed by atoms with van der Waals surface area (Å²) in [5.74, 6) is 0.233. The van der Waals surface area contributed by atoms with Crippen molar-refractivity contribution in [3.05, 3.63) is 113 Å². The van der Waals surface area contributed by atoms with E-state index in [-0.39, 0.29) is 11.8 Å². The average Bonchev–Trinajstić information content (AvgIpc) is 2.89. The van der Waals surface area contributed by atoms with Crippen LogP contribution in [0.4, 0.5) is 11.4 Å². The van der Waals surface area contributed by atoms with E-state index >= 15 is 0 Å². The Morgan fingerprint density at radius 2 is 1.43 bits per heavy atom. The van der Waals surface area contributed by atoms with Crippen molar-refractivity contribution in [1.29, 1.82) is 5.26 Å². The molecule has 172 valence electrons. The zero-order valence-electron chi connectivity index (χ0n) is 19.3. The molecule has 0 aliphatic carbocycles. The summed E-state index contributed by atoms with van der Waals surface area (Å²) in [6.07, 6.45) is 0. The van der Waals surface area contributed by atoms with Crippen molar-refractivity contribution >= 4 is 23.2 Å². The molecule has 35 heavy (non-hydrogen) atoms. The zero-order valence-corrected chi connectivity index (χ0v) is 19.3. The van der Waals surface area contributed by atoms with Gasteiger partial charge in [-0.25, -0.2) is 0 Å². The maximum absolute atomic E-state index is 12.8. The van der Waals surface area contributed by atoms with Crippen LogP contribution in [-0.2, 0) is 0 Å². The van der Waals surface area contributed by atoms with Crippen molar-refractivity contribution in [2.24, 2.45) is 0 Å². The Kier molecular flexibility index (Phi) is 6.89. The van der Waals surface area contributed by atoms with Crippen molar-refractivity contribution < 1.29 is 14.3 Å². The third kappa shape index (κ3) is 5.55. The Morgan fingerprint density at radius 3 is 2.11 bits per heavy atom. The van der Waals surface area contributed by atoms with Crippen LogP contribution in [-0.4, -0.2) is 18.9 Å². The highest BCUT2D eigenvalue weighted by Gasteiger charge is 2.12. The van der Waals surface area contributed by atoms with Gasteiger partial charge in [-0.1, -0.05) is 24.3 Å². The number of nitrogens with one attached hydrogen (secondary N) is 2. The van der Waals surface area contributed by atoms with E-state index in [1.165, 1.54) is 0 Å². The lowest BCUT2D eigenvalue weighted by molar-refractivity contribution is 0.101. The van der Waals surface area contributed by atoms with Crippen LogP contribution in [0.5, 0.6) is 5.75 Å². The predicted molar refractivity (Wildman–Crippen MR) is 137 cm³/mol. The monoisotopic (exact) mass is 461 g/mol. The molecule has 0 fully saturated rings. The molecular formula is C29H23N3O3. The summed E-state index contributed by atoms with van der Waals surface area (Å²) in [7, 11) is 1.59. The van der Waals surface area contributed by atoms with Gasteiger partial charge in [-0.3, -0.25) is 9.59 Å². The molecule has 0 atom stereocenters. The summed E-state index contributed by atoms with van der Waals surface area (Å²) in [6.45, 7) is 1.98. The SMILES string of the molecule is COc1ccc(NC(=O)c2ccc(C)c(-c3ccc(C(=O)Nc4cccc(C#N)c4)cc3)c2)cc1. The van der Waals surface area contributed by atoms with Crippen LogP contribution in [0.1, 0.15) is 31.8 Å². The number of nitrogens with zero attached hydrogens (tertiary/aromatic N) is 1. The molecule has 0 saturated carbocycles. The molecule has 6 heteroatoms. The molecule has 2 amide bonds. The lowest BCUT2D eigenvalue weighted by atomic mass is 9.97. The fourth-order valence-electron chi connectivity index (χ4n) is 3.62. The van der Waals surface area contributed by atoms with E-state index < -0.39 is 0 Å². The number of ether oxygens (including phenoxy) is 1. The summed E-state index contributed by atoms with van der Waals surface area (Å²) in [5, 5.41) is 14.7. The number of benzene rings is 4. The molecule has 0 unspecified atom stereocenters. The van der Waals surface area contributed by atoms with Gasteiger partial charge in [-0.2, -0.15) is 5.26 Å².